The van der Waals surface area contributed by atoms with Gasteiger partial charge in [0, 0.05) is 37.9 Å². The van der Waals surface area contributed by atoms with Gasteiger partial charge in [-0.05, 0) is 37.1 Å². The molecule has 1 fully saturated rings. The summed E-state index contributed by atoms with van der Waals surface area (Å²) in [5.41, 5.74) is 10.5. The lowest BCUT2D eigenvalue weighted by Crippen LogP contribution is -2.47. The Morgan fingerprint density at radius 3 is 2.68 bits per heavy atom. The summed E-state index contributed by atoms with van der Waals surface area (Å²) in [6.07, 6.45) is 1.68. The number of thiazole rings is 1. The molecule has 38 heavy (non-hydrogen) atoms. The third-order valence-electron chi connectivity index (χ3n) is 6.06. The third-order valence-corrected chi connectivity index (χ3v) is 6.98. The van der Waals surface area contributed by atoms with E-state index in [2.05, 4.69) is 52.1 Å². The molecule has 0 unspecified atom stereocenters. The average Bonchev–Trinajstić information content (AvgIpc) is 3.38. The molecule has 0 saturated carbocycles. The summed E-state index contributed by atoms with van der Waals surface area (Å²) in [6, 6.07) is 10.7. The molecule has 4 N–H and O–H groups in total. The predicted octanol–water partition coefficient (Wildman–Crippen LogP) is 2.09. The van der Waals surface area contributed by atoms with Crippen LogP contribution in [0.4, 0.5) is 17.3 Å². The van der Waals surface area contributed by atoms with Crippen LogP contribution in [0, 0.1) is 18.8 Å². The summed E-state index contributed by atoms with van der Waals surface area (Å²) >= 11 is 1.30. The number of nitrogen functional groups attached to an aromatic ring is 1. The van der Waals surface area contributed by atoms with E-state index in [1.807, 2.05) is 18.2 Å². The molecule has 0 bridgehead atoms. The summed E-state index contributed by atoms with van der Waals surface area (Å²) in [5.74, 6) is 7.29. The summed E-state index contributed by atoms with van der Waals surface area (Å²) in [6.45, 7) is 4.80. The van der Waals surface area contributed by atoms with Gasteiger partial charge in [0.05, 0.1) is 29.1 Å². The van der Waals surface area contributed by atoms with Crippen LogP contribution in [0.25, 0.3) is 11.3 Å². The van der Waals surface area contributed by atoms with Gasteiger partial charge in [0.15, 0.2) is 5.82 Å². The molecule has 1 aliphatic rings. The van der Waals surface area contributed by atoms with Crippen molar-refractivity contribution in [2.24, 2.45) is 0 Å². The monoisotopic (exact) mass is 527 g/mol. The summed E-state index contributed by atoms with van der Waals surface area (Å²) in [5, 5.41) is 21.3. The van der Waals surface area contributed by atoms with Gasteiger partial charge in [-0.15, -0.1) is 21.5 Å². The summed E-state index contributed by atoms with van der Waals surface area (Å²) in [7, 11) is 0. The van der Waals surface area contributed by atoms with E-state index < -0.39 is 0 Å². The van der Waals surface area contributed by atoms with Gasteiger partial charge in [-0.2, -0.15) is 0 Å². The minimum Gasteiger partial charge on any atom is -0.507 e. The zero-order valence-electron chi connectivity index (χ0n) is 20.6. The molecule has 192 valence electrons. The molecule has 0 spiro atoms. The highest BCUT2D eigenvalue weighted by atomic mass is 32.1. The first kappa shape index (κ1) is 24.9. The van der Waals surface area contributed by atoms with Crippen molar-refractivity contribution < 1.29 is 9.90 Å². The van der Waals surface area contributed by atoms with Crippen LogP contribution in [0.15, 0.2) is 48.1 Å². The first-order valence-electron chi connectivity index (χ1n) is 11.9. The molecule has 4 aromatic rings. The maximum Gasteiger partial charge on any atom is 0.264 e. The fourth-order valence-corrected chi connectivity index (χ4v) is 4.79. The first-order valence-corrected chi connectivity index (χ1v) is 12.8. The Morgan fingerprint density at radius 1 is 1.13 bits per heavy atom. The fraction of sp³-hybridized carbons (Fsp3) is 0.231. The van der Waals surface area contributed by atoms with Gasteiger partial charge in [0.2, 0.25) is 5.82 Å². The number of phenolic OH excluding ortho intramolecular Hbond substituents is 1. The number of piperazine rings is 1. The molecule has 0 radical (unpaired) electrons. The Balaban J connectivity index is 1.21. The number of nitrogens with zero attached hydrogens (tertiary/aromatic N) is 7. The largest absolute Gasteiger partial charge is 0.507 e. The Kier molecular flexibility index (Phi) is 7.28. The zero-order valence-corrected chi connectivity index (χ0v) is 21.4. The number of aromatic nitrogens is 5. The Bertz CT molecular complexity index is 1520. The van der Waals surface area contributed by atoms with Crippen molar-refractivity contribution in [2.45, 2.75) is 6.92 Å². The molecule has 1 saturated heterocycles. The van der Waals surface area contributed by atoms with E-state index in [-0.39, 0.29) is 18.2 Å². The van der Waals surface area contributed by atoms with E-state index in [9.17, 15) is 9.90 Å². The number of hydrogen-bond acceptors (Lipinski definition) is 11. The maximum atomic E-state index is 12.2. The highest BCUT2D eigenvalue weighted by Gasteiger charge is 2.22. The number of phenols is 1. The number of nitrogens with one attached hydrogen (secondary N) is 1. The number of para-hydroxylation sites is 1. The molecule has 11 nitrogen and oxygen atoms in total. The molecule has 1 aliphatic heterocycles. The SMILES string of the molecule is Cc1ncsc1C(=O)NCC#Cc1nccc(N2CCN(c3cc(-c4ccccc4O)nnc3N)CC2)n1. The molecular weight excluding hydrogens is 502 g/mol. The van der Waals surface area contributed by atoms with Gasteiger partial charge < -0.3 is 26.0 Å². The quantitative estimate of drug-likeness (QED) is 0.330. The van der Waals surface area contributed by atoms with Crippen LogP contribution in [0.1, 0.15) is 21.2 Å². The number of aryl methyl sites for hydroxylation is 1. The van der Waals surface area contributed by atoms with Crippen molar-refractivity contribution in [3.8, 4) is 28.8 Å². The maximum absolute atomic E-state index is 12.2. The standard InChI is InChI=1S/C26H25N9O2S/c1-17-24(38-16-30-17)26(37)29-9-4-7-22-28-10-8-23(31-22)35-13-11-34(12-14-35)20-15-19(32-33-25(20)27)18-5-2-3-6-21(18)36/h2-3,5-6,8,10,15-16,36H,9,11-14H2,1H3,(H2,27,33)(H,29,37). The van der Waals surface area contributed by atoms with Crippen LogP contribution in [0.5, 0.6) is 5.75 Å². The normalized spacial score (nSPS) is 13.1. The van der Waals surface area contributed by atoms with Crippen LogP contribution in [0.2, 0.25) is 0 Å². The van der Waals surface area contributed by atoms with Crippen molar-refractivity contribution in [2.75, 3.05) is 48.3 Å². The number of aromatic hydroxyl groups is 1. The van der Waals surface area contributed by atoms with E-state index in [0.717, 1.165) is 11.5 Å². The topological polar surface area (TPSA) is 146 Å². The molecule has 4 heterocycles. The van der Waals surface area contributed by atoms with E-state index >= 15 is 0 Å². The van der Waals surface area contributed by atoms with Crippen molar-refractivity contribution in [1.82, 2.24) is 30.5 Å². The Hall–Kier alpha value is -4.76. The number of benzene rings is 1. The highest BCUT2D eigenvalue weighted by molar-refractivity contribution is 7.11. The van der Waals surface area contributed by atoms with Crippen molar-refractivity contribution in [1.29, 1.82) is 0 Å². The van der Waals surface area contributed by atoms with Gasteiger partial charge in [-0.25, -0.2) is 15.0 Å². The second-order valence-corrected chi connectivity index (χ2v) is 9.34. The second-order valence-electron chi connectivity index (χ2n) is 8.48. The third kappa shape index (κ3) is 5.47. The molecule has 0 aliphatic carbocycles. The van der Waals surface area contributed by atoms with E-state index in [4.69, 9.17) is 5.73 Å². The number of carbonyl (C=O) groups excluding carboxylic acids is 1. The minimum absolute atomic E-state index is 0.141. The van der Waals surface area contributed by atoms with Crippen LogP contribution in [-0.2, 0) is 0 Å². The van der Waals surface area contributed by atoms with Crippen LogP contribution < -0.4 is 20.9 Å². The van der Waals surface area contributed by atoms with Gasteiger partial charge >= 0.3 is 0 Å². The lowest BCUT2D eigenvalue weighted by Gasteiger charge is -2.36. The first-order chi connectivity index (χ1) is 18.5. The number of rotatable bonds is 5. The predicted molar refractivity (Wildman–Crippen MR) is 146 cm³/mol. The van der Waals surface area contributed by atoms with Crippen molar-refractivity contribution in [3.05, 3.63) is 64.5 Å². The molecule has 3 aromatic heterocycles. The summed E-state index contributed by atoms with van der Waals surface area (Å²) in [4.78, 5) is 30.0. The fourth-order valence-electron chi connectivity index (χ4n) is 4.08. The minimum atomic E-state index is -0.190. The number of nitrogens with two attached hydrogens (primary N) is 1. The van der Waals surface area contributed by atoms with E-state index in [1.165, 1.54) is 11.3 Å². The number of hydrogen-bond donors (Lipinski definition) is 3. The molecular formula is C26H25N9O2S. The highest BCUT2D eigenvalue weighted by Crippen LogP contribution is 2.31. The number of anilines is 3. The second kappa shape index (κ2) is 11.1. The van der Waals surface area contributed by atoms with E-state index in [1.54, 1.807) is 36.8 Å². The van der Waals surface area contributed by atoms with E-state index in [0.29, 0.717) is 59.6 Å². The summed E-state index contributed by atoms with van der Waals surface area (Å²) < 4.78 is 0. The molecule has 0 atom stereocenters. The lowest BCUT2D eigenvalue weighted by atomic mass is 10.1. The number of amides is 1. The van der Waals surface area contributed by atoms with Gasteiger partial charge in [-0.1, -0.05) is 18.1 Å². The average molecular weight is 528 g/mol. The van der Waals surface area contributed by atoms with Crippen molar-refractivity contribution in [3.63, 3.8) is 0 Å². The van der Waals surface area contributed by atoms with Gasteiger partial charge in [-0.3, -0.25) is 4.79 Å². The van der Waals surface area contributed by atoms with Crippen molar-refractivity contribution >= 4 is 34.6 Å². The van der Waals surface area contributed by atoms with Crippen LogP contribution in [-0.4, -0.2) is 68.9 Å². The molecule has 12 heteroatoms. The molecule has 5 rings (SSSR count). The zero-order chi connectivity index (χ0) is 26.5. The Morgan fingerprint density at radius 2 is 1.92 bits per heavy atom. The Labute approximate surface area is 223 Å². The van der Waals surface area contributed by atoms with Crippen LogP contribution in [0.3, 0.4) is 0 Å². The molecule has 1 aromatic carbocycles. The lowest BCUT2D eigenvalue weighted by molar-refractivity contribution is 0.0962. The van der Waals surface area contributed by atoms with Gasteiger partial charge in [0.25, 0.3) is 5.91 Å². The van der Waals surface area contributed by atoms with Gasteiger partial charge in [0.1, 0.15) is 16.4 Å². The molecule has 1 amide bonds. The number of carbonyl (C=O) groups is 1. The smallest absolute Gasteiger partial charge is 0.264 e. The van der Waals surface area contributed by atoms with Crippen LogP contribution >= 0.6 is 11.3 Å².